The van der Waals surface area contributed by atoms with Gasteiger partial charge in [0, 0.05) is 55.2 Å². The van der Waals surface area contributed by atoms with Crippen molar-refractivity contribution in [3.63, 3.8) is 0 Å². The number of pyridine rings is 1. The number of rotatable bonds is 10. The molecular formula is C30H36N6O. The molecule has 0 amide bonds. The molecule has 2 N–H and O–H groups in total. The number of piperazine rings is 1. The number of fused-ring (bicyclic) bond motifs is 1. The van der Waals surface area contributed by atoms with Crippen LogP contribution in [0, 0.1) is 0 Å². The van der Waals surface area contributed by atoms with Gasteiger partial charge in [0.15, 0.2) is 0 Å². The fourth-order valence-corrected chi connectivity index (χ4v) is 5.09. The van der Waals surface area contributed by atoms with Crippen LogP contribution in [0.15, 0.2) is 77.7 Å². The molecule has 1 aliphatic heterocycles. The van der Waals surface area contributed by atoms with Crippen molar-refractivity contribution in [2.24, 2.45) is 0 Å². The molecule has 1 unspecified atom stereocenters. The summed E-state index contributed by atoms with van der Waals surface area (Å²) >= 11 is 0. The van der Waals surface area contributed by atoms with Gasteiger partial charge in [-0.1, -0.05) is 62.9 Å². The van der Waals surface area contributed by atoms with Crippen LogP contribution in [0.3, 0.4) is 0 Å². The normalized spacial score (nSPS) is 14.6. The molecule has 0 radical (unpaired) electrons. The maximum Gasteiger partial charge on any atom is 0.252 e. The van der Waals surface area contributed by atoms with Gasteiger partial charge in [-0.05, 0) is 42.3 Å². The summed E-state index contributed by atoms with van der Waals surface area (Å²) in [4.78, 5) is 25.1. The lowest BCUT2D eigenvalue weighted by Crippen LogP contribution is -2.43. The minimum Gasteiger partial charge on any atom is -0.369 e. The van der Waals surface area contributed by atoms with Gasteiger partial charge in [-0.15, -0.1) is 0 Å². The summed E-state index contributed by atoms with van der Waals surface area (Å²) in [5, 5.41) is 7.59. The molecule has 1 atom stereocenters. The average molecular weight is 497 g/mol. The van der Waals surface area contributed by atoms with Crippen LogP contribution in [-0.2, 0) is 0 Å². The largest absolute Gasteiger partial charge is 0.369 e. The Kier molecular flexibility index (Phi) is 8.11. The molecule has 0 saturated carbocycles. The van der Waals surface area contributed by atoms with Crippen molar-refractivity contribution in [1.29, 1.82) is 0 Å². The van der Waals surface area contributed by atoms with Crippen molar-refractivity contribution in [3.8, 4) is 0 Å². The van der Waals surface area contributed by atoms with Crippen LogP contribution in [-0.4, -0.2) is 40.7 Å². The smallest absolute Gasteiger partial charge is 0.252 e. The summed E-state index contributed by atoms with van der Waals surface area (Å²) in [5.41, 5.74) is 3.88. The van der Waals surface area contributed by atoms with E-state index in [4.69, 9.17) is 4.98 Å². The number of nitrogens with one attached hydrogen (secondary N) is 2. The van der Waals surface area contributed by atoms with Crippen molar-refractivity contribution < 1.29 is 0 Å². The Morgan fingerprint density at radius 1 is 0.946 bits per heavy atom. The van der Waals surface area contributed by atoms with Gasteiger partial charge in [0.25, 0.3) is 5.56 Å². The maximum absolute atomic E-state index is 13.3. The van der Waals surface area contributed by atoms with Crippen LogP contribution < -0.4 is 21.1 Å². The van der Waals surface area contributed by atoms with E-state index in [1.165, 1.54) is 18.5 Å². The number of hydrogen-bond donors (Lipinski definition) is 2. The first kappa shape index (κ1) is 25.0. The molecule has 1 saturated heterocycles. The highest BCUT2D eigenvalue weighted by Gasteiger charge is 2.19. The minimum atomic E-state index is -0.0738. The third-order valence-corrected chi connectivity index (χ3v) is 7.10. The molecule has 2 aromatic carbocycles. The number of unbranched alkanes of at least 4 members (excludes halogenated alkanes) is 3. The molecule has 1 aliphatic rings. The van der Waals surface area contributed by atoms with Gasteiger partial charge < -0.3 is 15.5 Å². The van der Waals surface area contributed by atoms with Crippen molar-refractivity contribution in [1.82, 2.24) is 19.9 Å². The molecule has 7 heteroatoms. The van der Waals surface area contributed by atoms with E-state index in [0.717, 1.165) is 62.1 Å². The van der Waals surface area contributed by atoms with Crippen LogP contribution in [0.25, 0.3) is 11.0 Å². The topological polar surface area (TPSA) is 75.1 Å². The molecule has 192 valence electrons. The Hall–Kier alpha value is -3.71. The highest BCUT2D eigenvalue weighted by Crippen LogP contribution is 2.27. The van der Waals surface area contributed by atoms with E-state index >= 15 is 0 Å². The van der Waals surface area contributed by atoms with E-state index in [1.807, 2.05) is 28.8 Å². The number of benzene rings is 2. The zero-order chi connectivity index (χ0) is 25.5. The maximum atomic E-state index is 13.3. The summed E-state index contributed by atoms with van der Waals surface area (Å²) in [7, 11) is 0. The molecule has 0 aliphatic carbocycles. The molecule has 3 heterocycles. The monoisotopic (exact) mass is 496 g/mol. The van der Waals surface area contributed by atoms with Gasteiger partial charge in [-0.25, -0.2) is 4.98 Å². The zero-order valence-electron chi connectivity index (χ0n) is 21.6. The summed E-state index contributed by atoms with van der Waals surface area (Å²) in [6, 6.07) is 22.1. The lowest BCUT2D eigenvalue weighted by Gasteiger charge is -2.29. The van der Waals surface area contributed by atoms with Crippen LogP contribution in [0.1, 0.15) is 50.6 Å². The Bertz CT molecular complexity index is 1350. The highest BCUT2D eigenvalue weighted by molar-refractivity contribution is 5.76. The molecular weight excluding hydrogens is 460 g/mol. The fourth-order valence-electron chi connectivity index (χ4n) is 5.09. The second-order valence-electron chi connectivity index (χ2n) is 9.70. The molecule has 7 nitrogen and oxygen atoms in total. The third-order valence-electron chi connectivity index (χ3n) is 7.10. The fraction of sp³-hybridized carbons (Fsp3) is 0.367. The molecule has 4 aromatic rings. The Balaban J connectivity index is 1.45. The number of aromatic nitrogens is 3. The van der Waals surface area contributed by atoms with Crippen LogP contribution in [0.5, 0.6) is 0 Å². The van der Waals surface area contributed by atoms with Gasteiger partial charge in [-0.3, -0.25) is 9.36 Å². The molecule has 0 spiro atoms. The predicted molar refractivity (Wildman–Crippen MR) is 152 cm³/mol. The van der Waals surface area contributed by atoms with Crippen molar-refractivity contribution >= 4 is 28.4 Å². The third kappa shape index (κ3) is 6.00. The molecule has 5 rings (SSSR count). The summed E-state index contributed by atoms with van der Waals surface area (Å²) in [6.45, 7) is 6.26. The van der Waals surface area contributed by atoms with Gasteiger partial charge >= 0.3 is 0 Å². The second kappa shape index (κ2) is 12.0. The standard InChI is InChI=1S/C30H36N6O/c1-2-3-4-8-11-27(23-9-6-5-7-10-23)36-28(37)17-12-24-22-32-30(34-29(24)36)33-25-13-15-26(16-14-25)35-20-18-31-19-21-35/h5-7,9-10,12-17,22,27,31H,2-4,8,11,18-21H2,1H3,(H,32,33,34). The molecule has 0 bridgehead atoms. The number of nitrogens with zero attached hydrogens (tertiary/aromatic N) is 4. The Labute approximate surface area is 218 Å². The SMILES string of the molecule is CCCCCCC(c1ccccc1)n1c(=O)ccc2cnc(Nc3ccc(N4CCNCC4)cc3)nc21. The lowest BCUT2D eigenvalue weighted by molar-refractivity contribution is 0.497. The van der Waals surface area contributed by atoms with Crippen molar-refractivity contribution in [2.75, 3.05) is 36.4 Å². The van der Waals surface area contributed by atoms with Crippen LogP contribution in [0.2, 0.25) is 0 Å². The van der Waals surface area contributed by atoms with E-state index in [2.05, 4.69) is 63.8 Å². The van der Waals surface area contributed by atoms with Gasteiger partial charge in [0.2, 0.25) is 5.95 Å². The molecule has 1 fully saturated rings. The molecule has 2 aromatic heterocycles. The summed E-state index contributed by atoms with van der Waals surface area (Å²) in [6.07, 6.45) is 7.30. The van der Waals surface area contributed by atoms with Gasteiger partial charge in [-0.2, -0.15) is 4.98 Å². The van der Waals surface area contributed by atoms with Crippen LogP contribution in [0.4, 0.5) is 17.3 Å². The first-order chi connectivity index (χ1) is 18.2. The number of hydrogen-bond acceptors (Lipinski definition) is 6. The Morgan fingerprint density at radius 3 is 2.49 bits per heavy atom. The first-order valence-corrected chi connectivity index (χ1v) is 13.5. The van der Waals surface area contributed by atoms with E-state index in [-0.39, 0.29) is 11.6 Å². The second-order valence-corrected chi connectivity index (χ2v) is 9.70. The Morgan fingerprint density at radius 2 is 1.73 bits per heavy atom. The van der Waals surface area contributed by atoms with Crippen LogP contribution >= 0.6 is 0 Å². The first-order valence-electron chi connectivity index (χ1n) is 13.5. The highest BCUT2D eigenvalue weighted by atomic mass is 16.1. The minimum absolute atomic E-state index is 0.0399. The lowest BCUT2D eigenvalue weighted by atomic mass is 9.99. The molecule has 37 heavy (non-hydrogen) atoms. The van der Waals surface area contributed by atoms with Gasteiger partial charge in [0.05, 0.1) is 6.04 Å². The van der Waals surface area contributed by atoms with E-state index < -0.39 is 0 Å². The summed E-state index contributed by atoms with van der Waals surface area (Å²) in [5.74, 6) is 0.486. The average Bonchev–Trinajstić information content (AvgIpc) is 2.95. The summed E-state index contributed by atoms with van der Waals surface area (Å²) < 4.78 is 1.86. The van der Waals surface area contributed by atoms with E-state index in [9.17, 15) is 4.79 Å². The number of anilines is 3. The predicted octanol–water partition coefficient (Wildman–Crippen LogP) is 5.50. The van der Waals surface area contributed by atoms with Crippen molar-refractivity contribution in [3.05, 3.63) is 88.8 Å². The van der Waals surface area contributed by atoms with Gasteiger partial charge in [0.1, 0.15) is 5.65 Å². The van der Waals surface area contributed by atoms with E-state index in [1.54, 1.807) is 12.3 Å². The quantitative estimate of drug-likeness (QED) is 0.282. The zero-order valence-corrected chi connectivity index (χ0v) is 21.6. The van der Waals surface area contributed by atoms with Crippen molar-refractivity contribution in [2.45, 2.75) is 45.1 Å². The van der Waals surface area contributed by atoms with E-state index in [0.29, 0.717) is 11.6 Å².